The summed E-state index contributed by atoms with van der Waals surface area (Å²) in [5.74, 6) is 0.416. The van der Waals surface area contributed by atoms with Gasteiger partial charge < -0.3 is 5.11 Å². The van der Waals surface area contributed by atoms with Crippen LogP contribution < -0.4 is 20.7 Å². The van der Waals surface area contributed by atoms with Crippen LogP contribution in [0, 0.1) is 5.92 Å². The predicted octanol–water partition coefficient (Wildman–Crippen LogP) is 6.11. The van der Waals surface area contributed by atoms with E-state index in [9.17, 15) is 5.11 Å². The monoisotopic (exact) mass is 546 g/mol. The highest BCUT2D eigenvalue weighted by Gasteiger charge is 2.48. The van der Waals surface area contributed by atoms with Crippen molar-refractivity contribution in [2.24, 2.45) is 5.92 Å². The van der Waals surface area contributed by atoms with Crippen molar-refractivity contribution in [2.75, 3.05) is 0 Å². The molecule has 0 aromatic heterocycles. The highest BCUT2D eigenvalue weighted by molar-refractivity contribution is 7.24. The van der Waals surface area contributed by atoms with Crippen LogP contribution in [0.1, 0.15) is 38.5 Å². The molecule has 0 heterocycles. The molecule has 0 radical (unpaired) electrons. The molecule has 1 aliphatic carbocycles. The SMILES string of the molecule is C[Si](C(=CCC(O)C1CCCCC1)[Si](C)(c1ccccc1)c1ccccc1)(c1ccccc1)c1ccccc1. The van der Waals surface area contributed by atoms with Crippen molar-refractivity contribution in [1.82, 2.24) is 0 Å². The van der Waals surface area contributed by atoms with Crippen LogP contribution >= 0.6 is 0 Å². The molecule has 3 heteroatoms. The third kappa shape index (κ3) is 5.67. The van der Waals surface area contributed by atoms with Gasteiger partial charge in [-0.2, -0.15) is 0 Å². The molecule has 200 valence electrons. The second-order valence-electron chi connectivity index (χ2n) is 11.5. The van der Waals surface area contributed by atoms with Crippen LogP contribution in [-0.2, 0) is 0 Å². The molecule has 0 amide bonds. The molecule has 4 aromatic carbocycles. The van der Waals surface area contributed by atoms with E-state index >= 15 is 0 Å². The Kier molecular flexibility index (Phi) is 8.81. The standard InChI is InChI=1S/C36H42OSi2/c1-38(31-20-10-4-11-21-31,32-22-12-5-13-23-32)36(29-28-35(37)30-18-8-3-9-19-30)39(2,33-24-14-6-15-25-33)34-26-16-7-17-27-34/h4-7,10-17,20-27,29-30,35,37H,3,8-9,18-19,28H2,1-2H3. The lowest BCUT2D eigenvalue weighted by molar-refractivity contribution is 0.0873. The maximum atomic E-state index is 11.5. The van der Waals surface area contributed by atoms with Crippen LogP contribution in [0.3, 0.4) is 0 Å². The van der Waals surface area contributed by atoms with E-state index in [0.29, 0.717) is 5.92 Å². The Bertz CT molecular complexity index is 1160. The molecular formula is C36H42OSi2. The van der Waals surface area contributed by atoms with Crippen LogP contribution in [-0.4, -0.2) is 27.4 Å². The lowest BCUT2D eigenvalue weighted by Crippen LogP contribution is -2.70. The zero-order valence-corrected chi connectivity index (χ0v) is 25.5. The summed E-state index contributed by atoms with van der Waals surface area (Å²) in [4.78, 5) is 1.58. The molecule has 1 nitrogen and oxygen atoms in total. The van der Waals surface area contributed by atoms with E-state index in [1.54, 1.807) is 4.82 Å². The molecule has 4 aromatic rings. The zero-order valence-electron chi connectivity index (χ0n) is 23.5. The molecule has 1 N–H and O–H groups in total. The summed E-state index contributed by atoms with van der Waals surface area (Å²) in [5.41, 5.74) is 0. The molecule has 1 aliphatic rings. The first-order valence-corrected chi connectivity index (χ1v) is 19.7. The summed E-state index contributed by atoms with van der Waals surface area (Å²) in [7, 11) is -4.87. The van der Waals surface area contributed by atoms with Gasteiger partial charge in [0.25, 0.3) is 0 Å². The molecule has 0 aliphatic heterocycles. The molecule has 1 fully saturated rings. The van der Waals surface area contributed by atoms with Crippen molar-refractivity contribution < 1.29 is 5.11 Å². The van der Waals surface area contributed by atoms with Crippen molar-refractivity contribution in [1.29, 1.82) is 0 Å². The van der Waals surface area contributed by atoms with E-state index in [2.05, 4.69) is 140 Å². The summed E-state index contributed by atoms with van der Waals surface area (Å²) >= 11 is 0. The molecule has 39 heavy (non-hydrogen) atoms. The smallest absolute Gasteiger partial charge is 0.138 e. The summed E-state index contributed by atoms with van der Waals surface area (Å²) in [5, 5.41) is 17.2. The molecule has 0 spiro atoms. The second-order valence-corrected chi connectivity index (χ2v) is 19.9. The van der Waals surface area contributed by atoms with Gasteiger partial charge in [0, 0.05) is 0 Å². The fraction of sp³-hybridized carbons (Fsp3) is 0.278. The van der Waals surface area contributed by atoms with Crippen molar-refractivity contribution in [3.63, 3.8) is 0 Å². The number of benzene rings is 4. The molecule has 1 atom stereocenters. The second kappa shape index (κ2) is 12.5. The Hall–Kier alpha value is -2.99. The first-order valence-electron chi connectivity index (χ1n) is 14.7. The molecule has 0 saturated heterocycles. The van der Waals surface area contributed by atoms with Crippen molar-refractivity contribution >= 4 is 36.9 Å². The Balaban J connectivity index is 1.77. The van der Waals surface area contributed by atoms with Crippen LogP contribution in [0.5, 0.6) is 0 Å². The van der Waals surface area contributed by atoms with Gasteiger partial charge in [-0.15, -0.1) is 0 Å². The number of rotatable bonds is 9. The minimum Gasteiger partial charge on any atom is -0.393 e. The van der Waals surface area contributed by atoms with Crippen molar-refractivity contribution in [2.45, 2.75) is 57.7 Å². The third-order valence-corrected chi connectivity index (χ3v) is 20.8. The molecule has 1 unspecified atom stereocenters. The Morgan fingerprint density at radius 3 is 1.28 bits per heavy atom. The highest BCUT2D eigenvalue weighted by Crippen LogP contribution is 2.31. The molecular weight excluding hydrogens is 505 g/mol. The summed E-state index contributed by atoms with van der Waals surface area (Å²) < 4.78 is 0. The maximum absolute atomic E-state index is 11.5. The first-order chi connectivity index (χ1) is 19.0. The normalized spacial score (nSPS) is 15.5. The predicted molar refractivity (Wildman–Crippen MR) is 173 cm³/mol. The number of hydrogen-bond acceptors (Lipinski definition) is 1. The van der Waals surface area contributed by atoms with Gasteiger partial charge in [0.1, 0.15) is 16.1 Å². The fourth-order valence-electron chi connectivity index (χ4n) is 6.90. The molecule has 1 saturated carbocycles. The first kappa shape index (κ1) is 27.6. The van der Waals surface area contributed by atoms with E-state index in [4.69, 9.17) is 0 Å². The van der Waals surface area contributed by atoms with Gasteiger partial charge in [-0.1, -0.05) is 185 Å². The van der Waals surface area contributed by atoms with E-state index < -0.39 is 16.1 Å². The third-order valence-electron chi connectivity index (χ3n) is 9.24. The van der Waals surface area contributed by atoms with Crippen LogP contribution in [0.15, 0.2) is 132 Å². The van der Waals surface area contributed by atoms with E-state index in [-0.39, 0.29) is 6.10 Å². The topological polar surface area (TPSA) is 20.2 Å². The van der Waals surface area contributed by atoms with Gasteiger partial charge in [0.2, 0.25) is 0 Å². The largest absolute Gasteiger partial charge is 0.393 e. The van der Waals surface area contributed by atoms with Crippen LogP contribution in [0.25, 0.3) is 0 Å². The average Bonchev–Trinajstić information content (AvgIpc) is 3.02. The van der Waals surface area contributed by atoms with Crippen molar-refractivity contribution in [3.8, 4) is 0 Å². The average molecular weight is 547 g/mol. The zero-order chi connectivity index (χ0) is 27.1. The summed E-state index contributed by atoms with van der Waals surface area (Å²) in [6.45, 7) is 5.10. The van der Waals surface area contributed by atoms with Gasteiger partial charge in [-0.05, 0) is 25.2 Å². The van der Waals surface area contributed by atoms with Gasteiger partial charge in [0.15, 0.2) is 0 Å². The van der Waals surface area contributed by atoms with E-state index in [1.165, 1.54) is 40.0 Å². The maximum Gasteiger partial charge on any atom is 0.138 e. The minimum atomic E-state index is -2.44. The number of aliphatic hydroxyl groups is 1. The quantitative estimate of drug-likeness (QED) is 0.251. The lowest BCUT2D eigenvalue weighted by atomic mass is 9.84. The van der Waals surface area contributed by atoms with Crippen LogP contribution in [0.4, 0.5) is 0 Å². The summed E-state index contributed by atoms with van der Waals surface area (Å²) in [6.07, 6.45) is 9.09. The van der Waals surface area contributed by atoms with Gasteiger partial charge in [-0.25, -0.2) is 0 Å². The van der Waals surface area contributed by atoms with Crippen molar-refractivity contribution in [3.05, 3.63) is 132 Å². The van der Waals surface area contributed by atoms with Crippen LogP contribution in [0.2, 0.25) is 13.1 Å². The van der Waals surface area contributed by atoms with Gasteiger partial charge >= 0.3 is 0 Å². The van der Waals surface area contributed by atoms with Gasteiger partial charge in [0.05, 0.1) is 6.10 Å². The summed E-state index contributed by atoms with van der Waals surface area (Å²) in [6, 6.07) is 44.8. The number of hydrogen-bond donors (Lipinski definition) is 1. The lowest BCUT2D eigenvalue weighted by Gasteiger charge is -2.43. The van der Waals surface area contributed by atoms with Gasteiger partial charge in [-0.3, -0.25) is 0 Å². The number of aliphatic hydroxyl groups excluding tert-OH is 1. The van der Waals surface area contributed by atoms with E-state index in [1.807, 2.05) is 0 Å². The molecule has 0 bridgehead atoms. The Morgan fingerprint density at radius 2 is 0.949 bits per heavy atom. The Morgan fingerprint density at radius 1 is 0.615 bits per heavy atom. The highest BCUT2D eigenvalue weighted by atomic mass is 28.4. The fourth-order valence-corrected chi connectivity index (χ4v) is 19.0. The molecule has 5 rings (SSSR count). The minimum absolute atomic E-state index is 0.283. The van der Waals surface area contributed by atoms with E-state index in [0.717, 1.165) is 19.3 Å². The Labute approximate surface area is 237 Å².